The Morgan fingerprint density at radius 2 is 1.82 bits per heavy atom. The Morgan fingerprint density at radius 1 is 1.10 bits per heavy atom. The predicted octanol–water partition coefficient (Wildman–Crippen LogP) is 2.26. The van der Waals surface area contributed by atoms with E-state index in [2.05, 4.69) is 15.4 Å². The van der Waals surface area contributed by atoms with E-state index in [4.69, 9.17) is 4.74 Å². The van der Waals surface area contributed by atoms with Crippen LogP contribution in [0.5, 0.6) is 0 Å². The van der Waals surface area contributed by atoms with E-state index in [0.717, 1.165) is 19.3 Å². The molecule has 3 N–H and O–H groups in total. The fraction of sp³-hybridized carbons (Fsp3) is 0.778. The summed E-state index contributed by atoms with van der Waals surface area (Å²) >= 11 is 0. The van der Waals surface area contributed by atoms with E-state index >= 15 is 0 Å². The average molecular weight is 567 g/mol. The number of carbonyl (C=O) groups excluding carboxylic acids is 4. The molecule has 218 valence electrons. The monoisotopic (exact) mass is 566 g/mol. The molecule has 0 bridgehead atoms. The molecule has 2 heterocycles. The number of alkyl carbamates (subject to hydrolysis) is 1. The van der Waals surface area contributed by atoms with Gasteiger partial charge in [0.25, 0.3) is 5.91 Å². The van der Waals surface area contributed by atoms with Crippen molar-refractivity contribution in [3.8, 4) is 0 Å². The fourth-order valence-corrected chi connectivity index (χ4v) is 6.64. The van der Waals surface area contributed by atoms with Gasteiger partial charge in [0.15, 0.2) is 0 Å². The van der Waals surface area contributed by atoms with Crippen molar-refractivity contribution in [2.75, 3.05) is 6.54 Å². The van der Waals surface area contributed by atoms with Gasteiger partial charge in [0.05, 0.1) is 4.75 Å². The van der Waals surface area contributed by atoms with Gasteiger partial charge in [-0.05, 0) is 79.1 Å². The lowest BCUT2D eigenvalue weighted by Gasteiger charge is -2.30. The van der Waals surface area contributed by atoms with Crippen molar-refractivity contribution in [2.45, 2.75) is 120 Å². The summed E-state index contributed by atoms with van der Waals surface area (Å²) in [5.41, 5.74) is -2.10. The number of fused-ring (bicyclic) bond motifs is 2. The van der Waals surface area contributed by atoms with Gasteiger partial charge in [0, 0.05) is 12.5 Å². The topological polar surface area (TPSA) is 151 Å². The van der Waals surface area contributed by atoms with Crippen molar-refractivity contribution in [3.63, 3.8) is 0 Å². The molecular weight excluding hydrogens is 524 g/mol. The zero-order chi connectivity index (χ0) is 28.6. The Labute approximate surface area is 230 Å². The molecule has 4 rings (SSSR count). The zero-order valence-electron chi connectivity index (χ0n) is 23.4. The highest BCUT2D eigenvalue weighted by Gasteiger charge is 2.62. The molecule has 4 atom stereocenters. The molecule has 2 aliphatic heterocycles. The van der Waals surface area contributed by atoms with Crippen LogP contribution in [0.25, 0.3) is 0 Å². The number of allylic oxidation sites excluding steroid dienone is 1. The van der Waals surface area contributed by atoms with Crippen LogP contribution in [-0.4, -0.2) is 71.6 Å². The molecule has 2 saturated carbocycles. The first-order valence-corrected chi connectivity index (χ1v) is 15.5. The molecule has 0 aromatic carbocycles. The normalized spacial score (nSPS) is 31.9. The molecule has 0 radical (unpaired) electrons. The van der Waals surface area contributed by atoms with Crippen molar-refractivity contribution >= 4 is 33.8 Å². The van der Waals surface area contributed by atoms with E-state index in [0.29, 0.717) is 45.1 Å². The first kappa shape index (κ1) is 29.4. The third-order valence-electron chi connectivity index (χ3n) is 8.16. The molecule has 4 aliphatic rings. The largest absolute Gasteiger partial charge is 0.444 e. The van der Waals surface area contributed by atoms with E-state index in [1.54, 1.807) is 27.7 Å². The zero-order valence-corrected chi connectivity index (χ0v) is 24.2. The van der Waals surface area contributed by atoms with Crippen LogP contribution in [0.3, 0.4) is 0 Å². The van der Waals surface area contributed by atoms with E-state index in [-0.39, 0.29) is 18.2 Å². The highest BCUT2D eigenvalue weighted by atomic mass is 32.2. The van der Waals surface area contributed by atoms with Gasteiger partial charge < -0.3 is 20.3 Å². The van der Waals surface area contributed by atoms with Gasteiger partial charge in [-0.1, -0.05) is 25.0 Å². The van der Waals surface area contributed by atoms with Crippen LogP contribution in [0.4, 0.5) is 4.79 Å². The van der Waals surface area contributed by atoms with Crippen molar-refractivity contribution < 1.29 is 32.3 Å². The summed E-state index contributed by atoms with van der Waals surface area (Å²) in [5.74, 6) is -1.92. The molecular formula is C27H42N4O7S. The molecule has 1 saturated heterocycles. The highest BCUT2D eigenvalue weighted by Crippen LogP contribution is 2.47. The summed E-state index contributed by atoms with van der Waals surface area (Å²) in [4.78, 5) is 54.5. The summed E-state index contributed by atoms with van der Waals surface area (Å²) in [6.07, 6.45) is 8.96. The Hall–Kier alpha value is -2.63. The Balaban J connectivity index is 1.55. The molecule has 11 nitrogen and oxygen atoms in total. The third-order valence-corrected chi connectivity index (χ3v) is 10.3. The third kappa shape index (κ3) is 6.58. The van der Waals surface area contributed by atoms with E-state index < -0.39 is 55.9 Å². The summed E-state index contributed by atoms with van der Waals surface area (Å²) in [6, 6.07) is -1.66. The summed E-state index contributed by atoms with van der Waals surface area (Å²) in [5, 5.41) is 5.54. The van der Waals surface area contributed by atoms with Gasteiger partial charge in [-0.3, -0.25) is 19.1 Å². The van der Waals surface area contributed by atoms with Gasteiger partial charge in [-0.2, -0.15) is 0 Å². The van der Waals surface area contributed by atoms with Gasteiger partial charge >= 0.3 is 6.09 Å². The molecule has 39 heavy (non-hydrogen) atoms. The van der Waals surface area contributed by atoms with Crippen LogP contribution >= 0.6 is 0 Å². The van der Waals surface area contributed by atoms with Crippen LogP contribution in [0.2, 0.25) is 0 Å². The van der Waals surface area contributed by atoms with Gasteiger partial charge in [-0.15, -0.1) is 0 Å². The minimum absolute atomic E-state index is 0.288. The quantitative estimate of drug-likeness (QED) is 0.442. The van der Waals surface area contributed by atoms with Crippen molar-refractivity contribution in [1.29, 1.82) is 0 Å². The second-order valence-electron chi connectivity index (χ2n) is 12.6. The van der Waals surface area contributed by atoms with Crippen LogP contribution in [0.15, 0.2) is 12.2 Å². The number of amides is 4. The maximum Gasteiger partial charge on any atom is 0.408 e. The Bertz CT molecular complexity index is 1140. The Morgan fingerprint density at radius 3 is 2.49 bits per heavy atom. The van der Waals surface area contributed by atoms with Gasteiger partial charge in [0.2, 0.25) is 21.8 Å². The van der Waals surface area contributed by atoms with Crippen LogP contribution in [0.1, 0.15) is 91.9 Å². The minimum Gasteiger partial charge on any atom is -0.444 e. The number of hydrogen-bond acceptors (Lipinski definition) is 7. The maximum absolute atomic E-state index is 13.6. The first-order chi connectivity index (χ1) is 18.2. The van der Waals surface area contributed by atoms with Crippen LogP contribution in [0, 0.1) is 5.92 Å². The van der Waals surface area contributed by atoms with E-state index in [9.17, 15) is 27.6 Å². The van der Waals surface area contributed by atoms with Crippen molar-refractivity contribution in [2.24, 2.45) is 5.92 Å². The summed E-state index contributed by atoms with van der Waals surface area (Å²) < 4.78 is 32.2. The molecule has 0 aromatic rings. The van der Waals surface area contributed by atoms with Crippen molar-refractivity contribution in [3.05, 3.63) is 12.2 Å². The fourth-order valence-electron chi connectivity index (χ4n) is 5.32. The Kier molecular flexibility index (Phi) is 8.08. The molecule has 12 heteroatoms. The van der Waals surface area contributed by atoms with Gasteiger partial charge in [-0.25, -0.2) is 13.2 Å². The predicted molar refractivity (Wildman–Crippen MR) is 144 cm³/mol. The number of nitrogens with zero attached hydrogens (tertiary/aromatic N) is 1. The standard InChI is InChI=1S/C27H42N4O7S/c1-25(2,3)38-24(35)28-19-12-9-7-5-6-8-11-18-17-27(18,23(34)30-39(36,37)26(4)14-15-26)29-21(32)20-13-10-16-31(20)22(19)33/h8,11,18-20H,5-7,9-10,12-17H2,1-4H3,(H,28,35)(H,29,32)(H,30,34)/b11-8-/t18?,19-,20-,27+/m0/s1. The second-order valence-corrected chi connectivity index (χ2v) is 14.8. The van der Waals surface area contributed by atoms with Crippen molar-refractivity contribution in [1.82, 2.24) is 20.3 Å². The summed E-state index contributed by atoms with van der Waals surface area (Å²) in [6.45, 7) is 7.17. The number of hydrogen-bond donors (Lipinski definition) is 3. The van der Waals surface area contributed by atoms with E-state index in [1.807, 2.05) is 12.2 Å². The molecule has 3 fully saturated rings. The molecule has 0 spiro atoms. The van der Waals surface area contributed by atoms with Crippen LogP contribution < -0.4 is 15.4 Å². The molecule has 4 amide bonds. The first-order valence-electron chi connectivity index (χ1n) is 14.0. The smallest absolute Gasteiger partial charge is 0.408 e. The summed E-state index contributed by atoms with van der Waals surface area (Å²) in [7, 11) is -3.88. The minimum atomic E-state index is -3.88. The average Bonchev–Trinajstić information content (AvgIpc) is 3.68. The number of rotatable bonds is 4. The molecule has 0 aromatic heterocycles. The molecule has 1 unspecified atom stereocenters. The number of ether oxygens (including phenoxy) is 1. The number of carbonyl (C=O) groups is 4. The number of sulfonamides is 1. The maximum atomic E-state index is 13.6. The molecule has 2 aliphatic carbocycles. The number of nitrogens with one attached hydrogen (secondary N) is 3. The lowest BCUT2D eigenvalue weighted by molar-refractivity contribution is -0.141. The highest BCUT2D eigenvalue weighted by molar-refractivity contribution is 7.91. The lowest BCUT2D eigenvalue weighted by atomic mass is 10.0. The van der Waals surface area contributed by atoms with Gasteiger partial charge in [0.1, 0.15) is 23.2 Å². The lowest BCUT2D eigenvalue weighted by Crippen LogP contribution is -2.58. The second kappa shape index (κ2) is 10.7. The van der Waals surface area contributed by atoms with E-state index in [1.165, 1.54) is 4.90 Å². The SMILES string of the molecule is CC(C)(C)OC(=O)N[C@H]1CCCCC/C=C\C2C[C@@]2(C(=O)NS(=O)(=O)C2(C)CC2)NC(=O)[C@@H]2CCCN2C1=O. The van der Waals surface area contributed by atoms with Crippen LogP contribution in [-0.2, 0) is 29.1 Å².